The number of pyridine rings is 1. The quantitative estimate of drug-likeness (QED) is 0.660. The first-order valence-electron chi connectivity index (χ1n) is 3.94. The van der Waals surface area contributed by atoms with E-state index in [-0.39, 0.29) is 17.8 Å². The van der Waals surface area contributed by atoms with Gasteiger partial charge in [0.1, 0.15) is 0 Å². The number of halogens is 2. The van der Waals surface area contributed by atoms with Crippen LogP contribution in [0.3, 0.4) is 0 Å². The summed E-state index contributed by atoms with van der Waals surface area (Å²) in [4.78, 5) is 13.2. The molecule has 0 atom stereocenters. The van der Waals surface area contributed by atoms with Crippen LogP contribution in [0.15, 0.2) is 10.9 Å². The molecular formula is C8H10F2N2O2. The maximum atomic E-state index is 12.2. The molecule has 0 bridgehead atoms. The Bertz CT molecular complexity index is 376. The second-order valence-corrected chi connectivity index (χ2v) is 2.72. The van der Waals surface area contributed by atoms with Crippen molar-refractivity contribution >= 4 is 0 Å². The zero-order valence-electron chi connectivity index (χ0n) is 7.26. The molecule has 1 aromatic heterocycles. The van der Waals surface area contributed by atoms with Crippen molar-refractivity contribution in [3.8, 4) is 0 Å². The highest BCUT2D eigenvalue weighted by Gasteiger charge is 2.14. The van der Waals surface area contributed by atoms with E-state index in [1.807, 2.05) is 0 Å². The first-order valence-corrected chi connectivity index (χ1v) is 3.94. The van der Waals surface area contributed by atoms with Gasteiger partial charge < -0.3 is 15.8 Å². The van der Waals surface area contributed by atoms with Crippen LogP contribution in [0.5, 0.6) is 0 Å². The van der Waals surface area contributed by atoms with Crippen molar-refractivity contribution < 1.29 is 13.9 Å². The zero-order chi connectivity index (χ0) is 10.7. The Morgan fingerprint density at radius 2 is 2.21 bits per heavy atom. The molecule has 0 amide bonds. The van der Waals surface area contributed by atoms with E-state index in [0.29, 0.717) is 0 Å². The third-order valence-electron chi connectivity index (χ3n) is 1.85. The van der Waals surface area contributed by atoms with Gasteiger partial charge in [-0.05, 0) is 11.6 Å². The largest absolute Gasteiger partial charge is 0.392 e. The van der Waals surface area contributed by atoms with Crippen molar-refractivity contribution in [2.45, 2.75) is 19.6 Å². The SMILES string of the molecule is NCc1[nH]c(=O)c(C(F)F)cc1CO. The first-order chi connectivity index (χ1) is 6.60. The van der Waals surface area contributed by atoms with Crippen LogP contribution in [0.1, 0.15) is 23.2 Å². The Kier molecular flexibility index (Phi) is 3.32. The summed E-state index contributed by atoms with van der Waals surface area (Å²) in [6, 6.07) is 0.978. The highest BCUT2D eigenvalue weighted by molar-refractivity contribution is 5.25. The number of aliphatic hydroxyl groups is 1. The molecule has 78 valence electrons. The summed E-state index contributed by atoms with van der Waals surface area (Å²) in [5, 5.41) is 8.82. The van der Waals surface area contributed by atoms with E-state index in [2.05, 4.69) is 4.98 Å². The van der Waals surface area contributed by atoms with Gasteiger partial charge in [0.25, 0.3) is 12.0 Å². The minimum Gasteiger partial charge on any atom is -0.392 e. The van der Waals surface area contributed by atoms with Crippen LogP contribution < -0.4 is 11.3 Å². The summed E-state index contributed by atoms with van der Waals surface area (Å²) in [7, 11) is 0. The highest BCUT2D eigenvalue weighted by atomic mass is 19.3. The van der Waals surface area contributed by atoms with E-state index in [1.165, 1.54) is 0 Å². The lowest BCUT2D eigenvalue weighted by atomic mass is 10.1. The standard InChI is InChI=1S/C8H10F2N2O2/c9-7(10)5-1-4(3-13)6(2-11)12-8(5)14/h1,7,13H,2-3,11H2,(H,12,14). The molecule has 1 aromatic rings. The van der Waals surface area contributed by atoms with Gasteiger partial charge in [0.2, 0.25) is 0 Å². The molecule has 0 aliphatic carbocycles. The third-order valence-corrected chi connectivity index (χ3v) is 1.85. The van der Waals surface area contributed by atoms with Gasteiger partial charge in [-0.1, -0.05) is 0 Å². The number of hydrogen-bond acceptors (Lipinski definition) is 3. The molecule has 0 aliphatic heterocycles. The van der Waals surface area contributed by atoms with Crippen LogP contribution in [0.25, 0.3) is 0 Å². The topological polar surface area (TPSA) is 79.1 Å². The molecule has 1 heterocycles. The summed E-state index contributed by atoms with van der Waals surface area (Å²) in [5.74, 6) is 0. The fraction of sp³-hybridized carbons (Fsp3) is 0.375. The monoisotopic (exact) mass is 204 g/mol. The Morgan fingerprint density at radius 1 is 1.57 bits per heavy atom. The predicted molar refractivity (Wildman–Crippen MR) is 45.8 cm³/mol. The molecule has 0 aromatic carbocycles. The van der Waals surface area contributed by atoms with E-state index in [4.69, 9.17) is 10.8 Å². The van der Waals surface area contributed by atoms with Gasteiger partial charge in [0, 0.05) is 12.2 Å². The van der Waals surface area contributed by atoms with Gasteiger partial charge in [-0.3, -0.25) is 4.79 Å². The van der Waals surface area contributed by atoms with Gasteiger partial charge >= 0.3 is 0 Å². The maximum absolute atomic E-state index is 12.2. The molecular weight excluding hydrogens is 194 g/mol. The minimum absolute atomic E-state index is 0.00531. The van der Waals surface area contributed by atoms with E-state index >= 15 is 0 Å². The molecule has 14 heavy (non-hydrogen) atoms. The fourth-order valence-corrected chi connectivity index (χ4v) is 1.12. The zero-order valence-corrected chi connectivity index (χ0v) is 7.26. The lowest BCUT2D eigenvalue weighted by Crippen LogP contribution is -2.19. The number of alkyl halides is 2. The molecule has 0 spiro atoms. The van der Waals surface area contributed by atoms with Crippen molar-refractivity contribution in [2.75, 3.05) is 0 Å². The minimum atomic E-state index is -2.85. The van der Waals surface area contributed by atoms with Crippen LogP contribution in [0, 0.1) is 0 Å². The van der Waals surface area contributed by atoms with Crippen LogP contribution >= 0.6 is 0 Å². The van der Waals surface area contributed by atoms with E-state index in [9.17, 15) is 13.6 Å². The maximum Gasteiger partial charge on any atom is 0.269 e. The lowest BCUT2D eigenvalue weighted by Gasteiger charge is -2.06. The second-order valence-electron chi connectivity index (χ2n) is 2.72. The van der Waals surface area contributed by atoms with Crippen LogP contribution in [-0.2, 0) is 13.2 Å². The second kappa shape index (κ2) is 4.30. The van der Waals surface area contributed by atoms with E-state index < -0.39 is 24.2 Å². The Hall–Kier alpha value is -1.27. The summed E-state index contributed by atoms with van der Waals surface area (Å²) >= 11 is 0. The number of nitrogens with two attached hydrogens (primary N) is 1. The number of aromatic amines is 1. The van der Waals surface area contributed by atoms with E-state index in [1.54, 1.807) is 0 Å². The number of hydrogen-bond donors (Lipinski definition) is 3. The predicted octanol–water partition coefficient (Wildman–Crippen LogP) is 0.264. The van der Waals surface area contributed by atoms with Crippen molar-refractivity contribution in [3.63, 3.8) is 0 Å². The number of aromatic nitrogens is 1. The molecule has 0 aliphatic rings. The van der Waals surface area contributed by atoms with Gasteiger partial charge in [-0.25, -0.2) is 8.78 Å². The Morgan fingerprint density at radius 3 is 2.64 bits per heavy atom. The van der Waals surface area contributed by atoms with Gasteiger partial charge in [-0.2, -0.15) is 0 Å². The molecule has 0 fully saturated rings. The average molecular weight is 204 g/mol. The Balaban J connectivity index is 3.31. The highest BCUT2D eigenvalue weighted by Crippen LogP contribution is 2.16. The number of rotatable bonds is 3. The molecule has 0 radical (unpaired) electrons. The molecule has 6 heteroatoms. The molecule has 4 N–H and O–H groups in total. The van der Waals surface area contributed by atoms with Crippen molar-refractivity contribution in [3.05, 3.63) is 33.2 Å². The van der Waals surface area contributed by atoms with Gasteiger partial charge in [-0.15, -0.1) is 0 Å². The molecule has 0 unspecified atom stereocenters. The summed E-state index contributed by atoms with van der Waals surface area (Å²) < 4.78 is 24.5. The summed E-state index contributed by atoms with van der Waals surface area (Å²) in [6.07, 6.45) is -2.85. The molecule has 1 rings (SSSR count). The van der Waals surface area contributed by atoms with Crippen molar-refractivity contribution in [1.82, 2.24) is 4.98 Å². The van der Waals surface area contributed by atoms with Crippen LogP contribution in [0.4, 0.5) is 8.78 Å². The van der Waals surface area contributed by atoms with Crippen LogP contribution in [0.2, 0.25) is 0 Å². The summed E-state index contributed by atoms with van der Waals surface area (Å²) in [6.45, 7) is -0.433. The lowest BCUT2D eigenvalue weighted by molar-refractivity contribution is 0.149. The first kappa shape index (κ1) is 10.8. The molecule has 0 saturated carbocycles. The van der Waals surface area contributed by atoms with Crippen molar-refractivity contribution in [1.29, 1.82) is 0 Å². The number of nitrogens with one attached hydrogen (secondary N) is 1. The van der Waals surface area contributed by atoms with E-state index in [0.717, 1.165) is 6.07 Å². The number of H-pyrrole nitrogens is 1. The fourth-order valence-electron chi connectivity index (χ4n) is 1.12. The average Bonchev–Trinajstić information content (AvgIpc) is 2.16. The third kappa shape index (κ3) is 1.97. The van der Waals surface area contributed by atoms with Crippen molar-refractivity contribution in [2.24, 2.45) is 5.73 Å². The van der Waals surface area contributed by atoms with Gasteiger partial charge in [0.15, 0.2) is 0 Å². The molecule has 4 nitrogen and oxygen atoms in total. The Labute approximate surface area is 78.4 Å². The molecule has 0 saturated heterocycles. The normalized spacial score (nSPS) is 10.9. The summed E-state index contributed by atoms with van der Waals surface area (Å²) in [5.41, 5.74) is 4.25. The van der Waals surface area contributed by atoms with Crippen LogP contribution in [-0.4, -0.2) is 10.1 Å². The van der Waals surface area contributed by atoms with Gasteiger partial charge in [0.05, 0.1) is 12.2 Å². The number of aliphatic hydroxyl groups excluding tert-OH is 1. The smallest absolute Gasteiger partial charge is 0.269 e.